The summed E-state index contributed by atoms with van der Waals surface area (Å²) >= 11 is 0. The van der Waals surface area contributed by atoms with Gasteiger partial charge in [0, 0.05) is 13.8 Å². The minimum atomic E-state index is -4.28. The van der Waals surface area contributed by atoms with Crippen molar-refractivity contribution in [3.8, 4) is 0 Å². The molecule has 0 rings (SSSR count). The molecule has 7 heteroatoms. The normalized spacial score (nSPS) is 15.0. The van der Waals surface area contributed by atoms with Crippen LogP contribution in [0.15, 0.2) is 0 Å². The van der Waals surface area contributed by atoms with E-state index in [2.05, 4.69) is 0 Å². The Morgan fingerprint density at radius 1 is 1.45 bits per heavy atom. The van der Waals surface area contributed by atoms with Crippen molar-refractivity contribution in [3.05, 3.63) is 0 Å². The highest BCUT2D eigenvalue weighted by Gasteiger charge is 2.37. The zero-order valence-corrected chi connectivity index (χ0v) is 9.26. The molecule has 0 amide bonds. The van der Waals surface area contributed by atoms with E-state index in [0.29, 0.717) is 6.42 Å². The monoisotopic (exact) mass is 240 g/mol. The molecule has 11 heavy (non-hydrogen) atoms. The SMILES string of the molecule is CCCCS(Cl)(Cl)P(=O)(O)O. The Labute approximate surface area is 76.3 Å². The highest BCUT2D eigenvalue weighted by molar-refractivity contribution is 8.97. The van der Waals surface area contributed by atoms with Crippen molar-refractivity contribution in [2.75, 3.05) is 5.75 Å². The minimum absolute atomic E-state index is 0.205. The number of rotatable bonds is 4. The lowest BCUT2D eigenvalue weighted by molar-refractivity contribution is 0.396. The van der Waals surface area contributed by atoms with Gasteiger partial charge in [-0.3, -0.25) is 0 Å². The van der Waals surface area contributed by atoms with Crippen LogP contribution < -0.4 is 0 Å². The maximum Gasteiger partial charge on any atom is 0.392 e. The van der Waals surface area contributed by atoms with Gasteiger partial charge in [-0.2, -0.15) is 0 Å². The molecule has 2 N–H and O–H groups in total. The number of unbranched alkanes of at least 4 members (excludes halogenated alkanes) is 1. The standard InChI is InChI=1S/C4H11Cl2O3PS/c1-2-3-4-11(5,6)10(7,8)9/h2-4H2,1H3,(H2,7,8,9). The molecular formula is C4H11Cl2O3PS. The molecular weight excluding hydrogens is 230 g/mol. The summed E-state index contributed by atoms with van der Waals surface area (Å²) in [5.41, 5.74) is 0. The average molecular weight is 241 g/mol. The van der Waals surface area contributed by atoms with E-state index in [-0.39, 0.29) is 5.75 Å². The van der Waals surface area contributed by atoms with Gasteiger partial charge in [0.1, 0.15) is 0 Å². The fourth-order valence-electron chi connectivity index (χ4n) is 0.437. The molecule has 0 saturated heterocycles. The van der Waals surface area contributed by atoms with Crippen molar-refractivity contribution in [1.29, 1.82) is 0 Å². The zero-order chi connectivity index (χ0) is 9.12. The molecule has 0 aliphatic heterocycles. The van der Waals surface area contributed by atoms with Gasteiger partial charge in [-0.05, 0) is 27.8 Å². The highest BCUT2D eigenvalue weighted by atomic mass is 36.0. The molecule has 0 radical (unpaired) electrons. The second kappa shape index (κ2) is 4.35. The molecule has 0 aliphatic rings. The fourth-order valence-corrected chi connectivity index (χ4v) is 3.07. The van der Waals surface area contributed by atoms with Crippen molar-refractivity contribution in [2.45, 2.75) is 19.8 Å². The van der Waals surface area contributed by atoms with E-state index in [1.165, 1.54) is 0 Å². The number of hydrogen-bond donors (Lipinski definition) is 2. The maximum absolute atomic E-state index is 10.6. The predicted octanol–water partition coefficient (Wildman–Crippen LogP) is 2.99. The lowest BCUT2D eigenvalue weighted by atomic mass is 10.4. The molecule has 0 fully saturated rings. The van der Waals surface area contributed by atoms with Crippen molar-refractivity contribution < 1.29 is 14.4 Å². The first kappa shape index (κ1) is 12.1. The van der Waals surface area contributed by atoms with E-state index >= 15 is 0 Å². The van der Waals surface area contributed by atoms with Crippen molar-refractivity contribution in [2.24, 2.45) is 0 Å². The number of halogens is 2. The third kappa shape index (κ3) is 4.02. The second-order valence-corrected chi connectivity index (χ2v) is 12.8. The lowest BCUT2D eigenvalue weighted by Gasteiger charge is -2.24. The lowest BCUT2D eigenvalue weighted by Crippen LogP contribution is -1.91. The van der Waals surface area contributed by atoms with E-state index in [0.717, 1.165) is 6.42 Å². The third-order valence-electron chi connectivity index (χ3n) is 1.09. The van der Waals surface area contributed by atoms with Gasteiger partial charge < -0.3 is 9.79 Å². The Morgan fingerprint density at radius 3 is 2.18 bits per heavy atom. The summed E-state index contributed by atoms with van der Waals surface area (Å²) in [4.78, 5) is 17.3. The van der Waals surface area contributed by atoms with Gasteiger partial charge >= 0.3 is 6.80 Å². The fraction of sp³-hybridized carbons (Fsp3) is 1.00. The molecule has 0 atom stereocenters. The molecule has 3 nitrogen and oxygen atoms in total. The van der Waals surface area contributed by atoms with Crippen molar-refractivity contribution >= 4 is 36.2 Å². The summed E-state index contributed by atoms with van der Waals surface area (Å²) < 4.78 is 10.6. The molecule has 0 aromatic rings. The van der Waals surface area contributed by atoms with Crippen LogP contribution in [-0.2, 0) is 4.57 Å². The van der Waals surface area contributed by atoms with Crippen LogP contribution in [0.4, 0.5) is 0 Å². The maximum atomic E-state index is 10.6. The first-order valence-corrected chi connectivity index (χ1v) is 8.74. The van der Waals surface area contributed by atoms with Crippen LogP contribution in [0.25, 0.3) is 0 Å². The molecule has 0 heterocycles. The average Bonchev–Trinajstić information content (AvgIpc) is 1.81. The van der Waals surface area contributed by atoms with Gasteiger partial charge in [-0.25, -0.2) is 4.57 Å². The van der Waals surface area contributed by atoms with Gasteiger partial charge in [0.15, 0.2) is 0 Å². The summed E-state index contributed by atoms with van der Waals surface area (Å²) in [7, 11) is 8.20. The highest BCUT2D eigenvalue weighted by Crippen LogP contribution is 2.83. The van der Waals surface area contributed by atoms with Crippen LogP contribution in [0.1, 0.15) is 19.8 Å². The van der Waals surface area contributed by atoms with Crippen LogP contribution in [0.2, 0.25) is 0 Å². The Hall–Kier alpha value is 1.08. The summed E-state index contributed by atoms with van der Waals surface area (Å²) in [5, 5.41) is 0. The molecule has 0 saturated carbocycles. The Morgan fingerprint density at radius 2 is 1.91 bits per heavy atom. The van der Waals surface area contributed by atoms with E-state index in [9.17, 15) is 4.57 Å². The Balaban J connectivity index is 4.11. The molecule has 0 aromatic heterocycles. The summed E-state index contributed by atoms with van der Waals surface area (Å²) in [6, 6.07) is 0. The summed E-state index contributed by atoms with van der Waals surface area (Å²) in [6.07, 6.45) is 1.47. The molecule has 0 spiro atoms. The summed E-state index contributed by atoms with van der Waals surface area (Å²) in [5.74, 6) is 0.205. The van der Waals surface area contributed by atoms with Crippen LogP contribution in [-0.4, -0.2) is 15.5 Å². The largest absolute Gasteiger partial charge is 0.392 e. The molecule has 0 bridgehead atoms. The third-order valence-corrected chi connectivity index (χ3v) is 9.36. The van der Waals surface area contributed by atoms with Crippen LogP contribution in [0, 0.1) is 0 Å². The smallest absolute Gasteiger partial charge is 0.316 e. The van der Waals surface area contributed by atoms with Gasteiger partial charge in [0.25, 0.3) is 0 Å². The number of hydrogen-bond acceptors (Lipinski definition) is 1. The second-order valence-electron chi connectivity index (χ2n) is 2.09. The molecule has 0 aliphatic carbocycles. The van der Waals surface area contributed by atoms with Crippen LogP contribution in [0.3, 0.4) is 0 Å². The van der Waals surface area contributed by atoms with E-state index in [1.54, 1.807) is 0 Å². The zero-order valence-electron chi connectivity index (χ0n) is 6.04. The van der Waals surface area contributed by atoms with E-state index in [4.69, 9.17) is 31.2 Å². The van der Waals surface area contributed by atoms with Gasteiger partial charge in [0.05, 0.1) is 0 Å². The molecule has 70 valence electrons. The van der Waals surface area contributed by atoms with E-state index < -0.39 is 14.9 Å². The minimum Gasteiger partial charge on any atom is -0.316 e. The first-order valence-electron chi connectivity index (χ1n) is 3.07. The molecule has 0 aromatic carbocycles. The van der Waals surface area contributed by atoms with Crippen molar-refractivity contribution in [3.63, 3.8) is 0 Å². The van der Waals surface area contributed by atoms with Gasteiger partial charge in [-0.1, -0.05) is 13.3 Å². The van der Waals surface area contributed by atoms with Crippen molar-refractivity contribution in [1.82, 2.24) is 0 Å². The topological polar surface area (TPSA) is 57.5 Å². The molecule has 0 unspecified atom stereocenters. The Bertz CT molecular complexity index is 169. The van der Waals surface area contributed by atoms with Crippen LogP contribution >= 0.6 is 36.2 Å². The van der Waals surface area contributed by atoms with Gasteiger partial charge in [0.2, 0.25) is 0 Å². The predicted molar refractivity (Wildman–Crippen MR) is 51.1 cm³/mol. The summed E-state index contributed by atoms with van der Waals surface area (Å²) in [6.45, 7) is -2.38. The Kier molecular flexibility index (Phi) is 4.78. The van der Waals surface area contributed by atoms with Gasteiger partial charge in [-0.15, -0.1) is 0 Å². The van der Waals surface area contributed by atoms with Crippen LogP contribution in [0.5, 0.6) is 0 Å². The van der Waals surface area contributed by atoms with E-state index in [1.807, 2.05) is 6.92 Å². The first-order chi connectivity index (χ1) is 4.81. The quantitative estimate of drug-likeness (QED) is 0.744.